The third-order valence-corrected chi connectivity index (χ3v) is 10.0. The van der Waals surface area contributed by atoms with E-state index in [9.17, 15) is 5.11 Å². The van der Waals surface area contributed by atoms with E-state index in [0.29, 0.717) is 11.8 Å². The van der Waals surface area contributed by atoms with Gasteiger partial charge in [0.1, 0.15) is 0 Å². The zero-order valence-electron chi connectivity index (χ0n) is 16.3. The number of thiol groups is 1. The number of thioether (sulfide) groups is 1. The van der Waals surface area contributed by atoms with Crippen molar-refractivity contribution in [1.82, 2.24) is 0 Å². The van der Waals surface area contributed by atoms with E-state index in [0.717, 1.165) is 32.1 Å². The molecule has 144 valence electrons. The fourth-order valence-electron chi connectivity index (χ4n) is 6.33. The van der Waals surface area contributed by atoms with Crippen LogP contribution in [-0.4, -0.2) is 27.2 Å². The highest BCUT2D eigenvalue weighted by Crippen LogP contribution is 2.65. The van der Waals surface area contributed by atoms with Gasteiger partial charge in [-0.15, -0.1) is 11.8 Å². The first-order valence-corrected chi connectivity index (χ1v) is 11.7. The summed E-state index contributed by atoms with van der Waals surface area (Å²) in [6.07, 6.45) is 6.31. The van der Waals surface area contributed by atoms with Gasteiger partial charge in [-0.05, 0) is 85.8 Å². The Bertz CT molecular complexity index is 705. The zero-order chi connectivity index (χ0) is 18.7. The second-order valence-corrected chi connectivity index (χ2v) is 11.1. The van der Waals surface area contributed by atoms with Crippen molar-refractivity contribution >= 4 is 24.4 Å². The Morgan fingerprint density at radius 3 is 2.81 bits per heavy atom. The van der Waals surface area contributed by atoms with Crippen LogP contribution in [0.15, 0.2) is 23.1 Å². The number of fused-ring (bicyclic) bond motifs is 5. The van der Waals surface area contributed by atoms with Crippen molar-refractivity contribution in [2.75, 3.05) is 5.75 Å². The summed E-state index contributed by atoms with van der Waals surface area (Å²) in [5.74, 6) is 1.94. The molecule has 3 aliphatic carbocycles. The normalized spacial score (nSPS) is 44.3. The van der Waals surface area contributed by atoms with E-state index >= 15 is 0 Å². The fourth-order valence-corrected chi connectivity index (χ4v) is 7.58. The molecule has 3 aliphatic rings. The smallest absolute Gasteiger partial charge is 0.0744 e. The third-order valence-electron chi connectivity index (χ3n) is 7.69. The Labute approximate surface area is 168 Å². The minimum Gasteiger partial charge on any atom is -0.389 e. The van der Waals surface area contributed by atoms with Gasteiger partial charge in [-0.3, -0.25) is 0 Å². The summed E-state index contributed by atoms with van der Waals surface area (Å²) < 4.78 is 0. The summed E-state index contributed by atoms with van der Waals surface area (Å²) in [6.45, 7) is 6.51. The van der Waals surface area contributed by atoms with Crippen LogP contribution in [0.2, 0.25) is 0 Å². The van der Waals surface area contributed by atoms with Crippen molar-refractivity contribution in [3.63, 3.8) is 0 Å². The minimum atomic E-state index is -0.718. The third kappa shape index (κ3) is 2.70. The summed E-state index contributed by atoms with van der Waals surface area (Å²) in [5, 5.41) is 11.0. The van der Waals surface area contributed by atoms with Crippen LogP contribution in [0.25, 0.3) is 0 Å². The molecular weight excluding hydrogens is 358 g/mol. The molecule has 0 aliphatic heterocycles. The number of rotatable bonds is 3. The summed E-state index contributed by atoms with van der Waals surface area (Å²) >= 11 is 6.83. The van der Waals surface area contributed by atoms with Crippen LogP contribution in [0.3, 0.4) is 0 Å². The van der Waals surface area contributed by atoms with E-state index in [2.05, 4.69) is 32.0 Å². The molecule has 2 saturated carbocycles. The lowest BCUT2D eigenvalue weighted by Crippen LogP contribution is -2.61. The first kappa shape index (κ1) is 19.2. The van der Waals surface area contributed by atoms with Gasteiger partial charge in [0.2, 0.25) is 0 Å². The summed E-state index contributed by atoms with van der Waals surface area (Å²) in [6, 6.07) is 7.06. The molecule has 0 aromatic heterocycles. The van der Waals surface area contributed by atoms with Gasteiger partial charge in [-0.25, -0.2) is 0 Å². The molecule has 1 aromatic carbocycles. The van der Waals surface area contributed by atoms with Crippen LogP contribution in [0, 0.1) is 11.3 Å². The first-order valence-electron chi connectivity index (χ1n) is 10.2. The Kier molecular flexibility index (Phi) is 4.74. The van der Waals surface area contributed by atoms with Crippen LogP contribution in [-0.2, 0) is 6.42 Å². The molecule has 2 fully saturated rings. The molecule has 0 amide bonds. The molecule has 6 unspecified atom stereocenters. The number of nitrogens with two attached hydrogens (primary N) is 1. The maximum absolute atomic E-state index is 10.9. The minimum absolute atomic E-state index is 0.00981. The molecule has 4 heteroatoms. The second-order valence-electron chi connectivity index (χ2n) is 9.43. The van der Waals surface area contributed by atoms with E-state index in [1.807, 2.05) is 18.7 Å². The Hall–Kier alpha value is -0.160. The highest BCUT2D eigenvalue weighted by molar-refractivity contribution is 7.99. The van der Waals surface area contributed by atoms with Crippen LogP contribution in [0.1, 0.15) is 69.9 Å². The average Bonchev–Trinajstić information content (AvgIpc) is 2.80. The lowest BCUT2D eigenvalue weighted by atomic mass is 9.52. The van der Waals surface area contributed by atoms with Gasteiger partial charge in [0.25, 0.3) is 0 Å². The van der Waals surface area contributed by atoms with Gasteiger partial charge in [-0.2, -0.15) is 12.6 Å². The highest BCUT2D eigenvalue weighted by atomic mass is 32.2. The monoisotopic (exact) mass is 391 g/mol. The maximum Gasteiger partial charge on any atom is 0.0744 e. The molecule has 26 heavy (non-hydrogen) atoms. The van der Waals surface area contributed by atoms with Crippen molar-refractivity contribution in [1.29, 1.82) is 0 Å². The van der Waals surface area contributed by atoms with E-state index in [1.165, 1.54) is 28.2 Å². The van der Waals surface area contributed by atoms with Gasteiger partial charge in [0, 0.05) is 21.6 Å². The molecule has 4 rings (SSSR count). The van der Waals surface area contributed by atoms with Crippen molar-refractivity contribution in [3.05, 3.63) is 29.3 Å². The lowest BCUT2D eigenvalue weighted by Gasteiger charge is -2.56. The van der Waals surface area contributed by atoms with Crippen LogP contribution in [0.5, 0.6) is 0 Å². The summed E-state index contributed by atoms with van der Waals surface area (Å²) in [7, 11) is 0. The predicted octanol–water partition coefficient (Wildman–Crippen LogP) is 4.79. The van der Waals surface area contributed by atoms with Crippen LogP contribution >= 0.6 is 24.4 Å². The molecule has 0 bridgehead atoms. The van der Waals surface area contributed by atoms with Crippen LogP contribution < -0.4 is 5.73 Å². The molecule has 0 radical (unpaired) electrons. The van der Waals surface area contributed by atoms with Crippen molar-refractivity contribution in [3.8, 4) is 0 Å². The van der Waals surface area contributed by atoms with Crippen molar-refractivity contribution in [2.24, 2.45) is 17.1 Å². The van der Waals surface area contributed by atoms with Gasteiger partial charge in [0.05, 0.1) is 5.60 Å². The molecule has 6 atom stereocenters. The largest absolute Gasteiger partial charge is 0.389 e. The highest BCUT2D eigenvalue weighted by Gasteiger charge is 2.65. The standard InChI is InChI=1S/C22H33NOS2/c1-4-11-26-15-5-6-16-14(12-15)7-10-22(23)17(16)8-9-20(2)18(22)13-21(3,24)19(20)25/h5-6,12,17-19,24-25H,4,7-11,13,23H2,1-3H3. The quantitative estimate of drug-likeness (QED) is 0.513. The van der Waals surface area contributed by atoms with Crippen LogP contribution in [0.4, 0.5) is 0 Å². The van der Waals surface area contributed by atoms with E-state index in [4.69, 9.17) is 18.4 Å². The predicted molar refractivity (Wildman–Crippen MR) is 114 cm³/mol. The maximum atomic E-state index is 10.9. The molecule has 3 N–H and O–H groups in total. The molecular formula is C22H33NOS2. The number of hydrogen-bond acceptors (Lipinski definition) is 4. The first-order chi connectivity index (χ1) is 12.2. The molecule has 0 heterocycles. The topological polar surface area (TPSA) is 46.2 Å². The Balaban J connectivity index is 1.68. The molecule has 2 nitrogen and oxygen atoms in total. The van der Waals surface area contributed by atoms with Gasteiger partial charge in [-0.1, -0.05) is 19.9 Å². The lowest BCUT2D eigenvalue weighted by molar-refractivity contribution is 0.0367. The van der Waals surface area contributed by atoms with Gasteiger partial charge < -0.3 is 10.8 Å². The van der Waals surface area contributed by atoms with E-state index in [-0.39, 0.29) is 16.2 Å². The number of aliphatic hydroxyl groups is 1. The van der Waals surface area contributed by atoms with Gasteiger partial charge >= 0.3 is 0 Å². The van der Waals surface area contributed by atoms with Gasteiger partial charge in [0.15, 0.2) is 0 Å². The summed E-state index contributed by atoms with van der Waals surface area (Å²) in [5.41, 5.74) is 9.29. The number of aryl methyl sites for hydroxylation is 1. The second kappa shape index (κ2) is 6.43. The Morgan fingerprint density at radius 2 is 2.08 bits per heavy atom. The number of benzene rings is 1. The Morgan fingerprint density at radius 1 is 1.31 bits per heavy atom. The molecule has 1 aromatic rings. The van der Waals surface area contributed by atoms with E-state index < -0.39 is 5.60 Å². The van der Waals surface area contributed by atoms with Crippen molar-refractivity contribution in [2.45, 2.75) is 86.5 Å². The number of hydrogen-bond donors (Lipinski definition) is 3. The zero-order valence-corrected chi connectivity index (χ0v) is 18.0. The van der Waals surface area contributed by atoms with Crippen molar-refractivity contribution < 1.29 is 5.11 Å². The average molecular weight is 392 g/mol. The molecule has 0 saturated heterocycles. The molecule has 0 spiro atoms. The van der Waals surface area contributed by atoms with E-state index in [1.54, 1.807) is 0 Å². The SMILES string of the molecule is CCCSc1ccc2c(c1)CCC1(N)C2CCC2(C)C(S)C(C)(O)CC21. The summed E-state index contributed by atoms with van der Waals surface area (Å²) in [4.78, 5) is 1.40. The fraction of sp³-hybridized carbons (Fsp3) is 0.727.